The van der Waals surface area contributed by atoms with Gasteiger partial charge in [-0.25, -0.2) is 9.59 Å². The second-order valence-electron chi connectivity index (χ2n) is 6.08. The standard InChI is InChI=1S/C11H10O3S.C10H8O3S.CH4/c1-14-11(13)10-5-8-4-7(6-12)2-3-9(8)15-10;11-5-6-1-2-8-7(3-6)4-9(14-8)10(12)13;/h2-5,12H,6H2,1H3;1-4,11H,5H2,(H,12,13);1H4. The van der Waals surface area contributed by atoms with E-state index in [-0.39, 0.29) is 26.6 Å². The van der Waals surface area contributed by atoms with Crippen molar-refractivity contribution in [1.29, 1.82) is 0 Å². The summed E-state index contributed by atoms with van der Waals surface area (Å²) in [7, 11) is 1.37. The Morgan fingerprint density at radius 2 is 1.30 bits per heavy atom. The van der Waals surface area contributed by atoms with Crippen molar-refractivity contribution in [3.8, 4) is 0 Å². The van der Waals surface area contributed by atoms with Crippen LogP contribution in [0.2, 0.25) is 0 Å². The molecule has 0 saturated carbocycles. The molecule has 4 aromatic rings. The van der Waals surface area contributed by atoms with Crippen LogP contribution in [0, 0.1) is 0 Å². The maximum atomic E-state index is 11.3. The molecular weight excluding hydrogens is 424 g/mol. The first-order valence-corrected chi connectivity index (χ1v) is 10.2. The monoisotopic (exact) mass is 446 g/mol. The molecule has 8 heteroatoms. The molecule has 0 atom stereocenters. The molecule has 0 aliphatic heterocycles. The van der Waals surface area contributed by atoms with E-state index in [1.54, 1.807) is 24.3 Å². The number of carbonyl (C=O) groups excluding carboxylic acids is 1. The van der Waals surface area contributed by atoms with E-state index in [0.29, 0.717) is 9.75 Å². The van der Waals surface area contributed by atoms with Gasteiger partial charge in [0.1, 0.15) is 9.75 Å². The van der Waals surface area contributed by atoms with Gasteiger partial charge in [0.15, 0.2) is 0 Å². The van der Waals surface area contributed by atoms with Gasteiger partial charge in [0.2, 0.25) is 0 Å². The second kappa shape index (κ2) is 10.3. The number of thiophene rings is 2. The Kier molecular flexibility index (Phi) is 8.08. The number of hydrogen-bond acceptors (Lipinski definition) is 7. The van der Waals surface area contributed by atoms with Gasteiger partial charge >= 0.3 is 11.9 Å². The lowest BCUT2D eigenvalue weighted by molar-refractivity contribution is 0.0605. The van der Waals surface area contributed by atoms with Crippen LogP contribution < -0.4 is 0 Å². The minimum absolute atomic E-state index is 0. The highest BCUT2D eigenvalue weighted by Crippen LogP contribution is 2.27. The van der Waals surface area contributed by atoms with Gasteiger partial charge < -0.3 is 20.1 Å². The van der Waals surface area contributed by atoms with Crippen molar-refractivity contribution in [2.45, 2.75) is 20.6 Å². The lowest BCUT2D eigenvalue weighted by atomic mass is 10.2. The van der Waals surface area contributed by atoms with Crippen molar-refractivity contribution in [2.24, 2.45) is 0 Å². The second-order valence-corrected chi connectivity index (χ2v) is 8.25. The zero-order chi connectivity index (χ0) is 21.0. The zero-order valence-electron chi connectivity index (χ0n) is 15.4. The first-order valence-electron chi connectivity index (χ1n) is 8.53. The number of ether oxygens (including phenoxy) is 1. The molecule has 2 aromatic carbocycles. The predicted octanol–water partition coefficient (Wildman–Crippen LogP) is 4.91. The number of esters is 1. The predicted molar refractivity (Wildman–Crippen MR) is 121 cm³/mol. The van der Waals surface area contributed by atoms with Gasteiger partial charge in [-0.3, -0.25) is 0 Å². The van der Waals surface area contributed by atoms with Gasteiger partial charge in [0.05, 0.1) is 20.3 Å². The van der Waals surface area contributed by atoms with Crippen molar-refractivity contribution < 1.29 is 29.6 Å². The van der Waals surface area contributed by atoms with E-state index in [9.17, 15) is 9.59 Å². The summed E-state index contributed by atoms with van der Waals surface area (Å²) < 4.78 is 6.60. The summed E-state index contributed by atoms with van der Waals surface area (Å²) in [5.41, 5.74) is 1.64. The minimum Gasteiger partial charge on any atom is -0.477 e. The Bertz CT molecular complexity index is 1180. The third-order valence-corrected chi connectivity index (χ3v) is 6.32. The maximum Gasteiger partial charge on any atom is 0.348 e. The van der Waals surface area contributed by atoms with Crippen LogP contribution in [-0.2, 0) is 18.0 Å². The number of benzene rings is 2. The number of fused-ring (bicyclic) bond motifs is 2. The molecule has 30 heavy (non-hydrogen) atoms. The Hall–Kier alpha value is -2.78. The molecule has 6 nitrogen and oxygen atoms in total. The fraction of sp³-hybridized carbons (Fsp3) is 0.182. The van der Waals surface area contributed by atoms with E-state index in [1.165, 1.54) is 29.8 Å². The molecule has 0 unspecified atom stereocenters. The maximum absolute atomic E-state index is 11.3. The Morgan fingerprint density at radius 1 is 0.833 bits per heavy atom. The largest absolute Gasteiger partial charge is 0.477 e. The molecule has 3 N–H and O–H groups in total. The SMILES string of the molecule is C.COC(=O)c1cc2cc(CO)ccc2s1.O=C(O)c1cc2cc(CO)ccc2s1. The lowest BCUT2D eigenvalue weighted by Crippen LogP contribution is -1.96. The van der Waals surface area contributed by atoms with E-state index in [0.717, 1.165) is 31.3 Å². The topological polar surface area (TPSA) is 104 Å². The molecule has 0 aliphatic rings. The third-order valence-electron chi connectivity index (χ3n) is 4.12. The minimum atomic E-state index is -0.906. The average molecular weight is 447 g/mol. The summed E-state index contributed by atoms with van der Waals surface area (Å²) in [5, 5.41) is 28.5. The molecule has 0 bridgehead atoms. The van der Waals surface area contributed by atoms with E-state index in [2.05, 4.69) is 4.74 Å². The van der Waals surface area contributed by atoms with Gasteiger partial charge in [-0.1, -0.05) is 19.6 Å². The van der Waals surface area contributed by atoms with Crippen LogP contribution in [0.3, 0.4) is 0 Å². The van der Waals surface area contributed by atoms with Crippen LogP contribution in [0.15, 0.2) is 48.5 Å². The van der Waals surface area contributed by atoms with Crippen LogP contribution in [0.25, 0.3) is 20.2 Å². The van der Waals surface area contributed by atoms with Gasteiger partial charge in [0, 0.05) is 9.40 Å². The average Bonchev–Trinajstić information content (AvgIpc) is 3.36. The number of aliphatic hydroxyl groups is 2. The molecule has 2 heterocycles. The summed E-state index contributed by atoms with van der Waals surface area (Å²) in [6, 6.07) is 14.5. The van der Waals surface area contributed by atoms with Crippen molar-refractivity contribution in [3.05, 3.63) is 69.4 Å². The molecule has 0 amide bonds. The molecule has 0 saturated heterocycles. The Morgan fingerprint density at radius 3 is 1.73 bits per heavy atom. The number of hydrogen-bond donors (Lipinski definition) is 3. The van der Waals surface area contributed by atoms with Gasteiger partial charge in [-0.05, 0) is 58.3 Å². The van der Waals surface area contributed by atoms with E-state index in [4.69, 9.17) is 15.3 Å². The van der Waals surface area contributed by atoms with Crippen molar-refractivity contribution >= 4 is 54.8 Å². The van der Waals surface area contributed by atoms with Gasteiger partial charge in [0.25, 0.3) is 0 Å². The molecule has 0 fully saturated rings. The van der Waals surface area contributed by atoms with Crippen molar-refractivity contribution in [2.75, 3.05) is 7.11 Å². The highest BCUT2D eigenvalue weighted by molar-refractivity contribution is 7.21. The Balaban J connectivity index is 0.000000207. The summed E-state index contributed by atoms with van der Waals surface area (Å²) in [6.45, 7) is -0.00641. The lowest BCUT2D eigenvalue weighted by Gasteiger charge is -1.93. The molecular formula is C22H22O6S2. The number of aromatic carboxylic acids is 1. The number of carboxylic acid groups (broad SMARTS) is 1. The van der Waals surface area contributed by atoms with E-state index < -0.39 is 5.97 Å². The van der Waals surface area contributed by atoms with E-state index in [1.807, 2.05) is 24.3 Å². The number of methoxy groups -OCH3 is 1. The normalized spacial score (nSPS) is 10.2. The van der Waals surface area contributed by atoms with Crippen LogP contribution in [-0.4, -0.2) is 34.4 Å². The first-order chi connectivity index (χ1) is 13.9. The number of aliphatic hydroxyl groups excluding tert-OH is 2. The molecule has 158 valence electrons. The van der Waals surface area contributed by atoms with Gasteiger partial charge in [-0.2, -0.15) is 0 Å². The molecule has 0 radical (unpaired) electrons. The molecule has 0 spiro atoms. The smallest absolute Gasteiger partial charge is 0.348 e. The fourth-order valence-electron chi connectivity index (χ4n) is 2.69. The quantitative estimate of drug-likeness (QED) is 0.385. The Labute approximate surface area is 181 Å². The van der Waals surface area contributed by atoms with Crippen molar-refractivity contribution in [3.63, 3.8) is 0 Å². The van der Waals surface area contributed by atoms with Crippen LogP contribution in [0.1, 0.15) is 37.9 Å². The van der Waals surface area contributed by atoms with E-state index >= 15 is 0 Å². The third kappa shape index (κ3) is 5.22. The van der Waals surface area contributed by atoms with Crippen LogP contribution >= 0.6 is 22.7 Å². The highest BCUT2D eigenvalue weighted by Gasteiger charge is 2.10. The molecule has 0 aliphatic carbocycles. The van der Waals surface area contributed by atoms with Crippen molar-refractivity contribution in [1.82, 2.24) is 0 Å². The number of carbonyl (C=O) groups is 2. The number of carboxylic acids is 1. The summed E-state index contributed by atoms with van der Waals surface area (Å²) in [6.07, 6.45) is 0. The first kappa shape index (κ1) is 23.5. The summed E-state index contributed by atoms with van der Waals surface area (Å²) >= 11 is 2.64. The van der Waals surface area contributed by atoms with Crippen LogP contribution in [0.4, 0.5) is 0 Å². The molecule has 4 rings (SSSR count). The summed E-state index contributed by atoms with van der Waals surface area (Å²) in [4.78, 5) is 22.9. The number of rotatable bonds is 4. The molecule has 2 aromatic heterocycles. The highest BCUT2D eigenvalue weighted by atomic mass is 32.1. The van der Waals surface area contributed by atoms with Crippen LogP contribution in [0.5, 0.6) is 0 Å². The zero-order valence-corrected chi connectivity index (χ0v) is 17.0. The van der Waals surface area contributed by atoms with Gasteiger partial charge in [-0.15, -0.1) is 22.7 Å². The summed E-state index contributed by atoms with van der Waals surface area (Å²) in [5.74, 6) is -1.22. The fourth-order valence-corrected chi connectivity index (χ4v) is 4.53.